The lowest BCUT2D eigenvalue weighted by Gasteiger charge is -2.12. The fourth-order valence-corrected chi connectivity index (χ4v) is 1.45. The third-order valence-corrected chi connectivity index (χ3v) is 2.44. The van der Waals surface area contributed by atoms with Crippen LogP contribution in [0.5, 0.6) is 5.88 Å². The van der Waals surface area contributed by atoms with Crippen LogP contribution in [0.25, 0.3) is 0 Å². The van der Waals surface area contributed by atoms with Crippen molar-refractivity contribution in [3.63, 3.8) is 0 Å². The van der Waals surface area contributed by atoms with Gasteiger partial charge in [0.1, 0.15) is 0 Å². The Morgan fingerprint density at radius 1 is 1.37 bits per heavy atom. The standard InChI is InChI=1S/C13H19F3N2O/c1-10(2)5-7-17-8-11-4-3-6-18-12(11)19-9-13(14,15)16/h3-4,6,10,17H,5,7-9H2,1-2H3. The summed E-state index contributed by atoms with van der Waals surface area (Å²) in [5, 5.41) is 3.17. The summed E-state index contributed by atoms with van der Waals surface area (Å²) < 4.78 is 41.0. The van der Waals surface area contributed by atoms with Crippen LogP contribution in [0.3, 0.4) is 0 Å². The van der Waals surface area contributed by atoms with Crippen LogP contribution in [0.2, 0.25) is 0 Å². The summed E-state index contributed by atoms with van der Waals surface area (Å²) in [6, 6.07) is 3.39. The highest BCUT2D eigenvalue weighted by Crippen LogP contribution is 2.19. The van der Waals surface area contributed by atoms with E-state index in [0.717, 1.165) is 13.0 Å². The van der Waals surface area contributed by atoms with Gasteiger partial charge in [0.25, 0.3) is 0 Å². The summed E-state index contributed by atoms with van der Waals surface area (Å²) in [4.78, 5) is 3.83. The van der Waals surface area contributed by atoms with Gasteiger partial charge in [0.2, 0.25) is 5.88 Å². The molecule has 0 aliphatic heterocycles. The van der Waals surface area contributed by atoms with Crippen LogP contribution in [0.1, 0.15) is 25.8 Å². The minimum atomic E-state index is -4.35. The zero-order chi connectivity index (χ0) is 14.3. The van der Waals surface area contributed by atoms with Gasteiger partial charge in [-0.05, 0) is 24.9 Å². The van der Waals surface area contributed by atoms with Gasteiger partial charge in [0.05, 0.1) is 0 Å². The molecule has 6 heteroatoms. The lowest BCUT2D eigenvalue weighted by Crippen LogP contribution is -2.21. The Hall–Kier alpha value is -1.30. The molecule has 3 nitrogen and oxygen atoms in total. The highest BCUT2D eigenvalue weighted by atomic mass is 19.4. The average Bonchev–Trinajstić information content (AvgIpc) is 2.32. The number of nitrogens with one attached hydrogen (secondary N) is 1. The monoisotopic (exact) mass is 276 g/mol. The van der Waals surface area contributed by atoms with E-state index >= 15 is 0 Å². The van der Waals surface area contributed by atoms with Crippen LogP contribution >= 0.6 is 0 Å². The van der Waals surface area contributed by atoms with E-state index in [9.17, 15) is 13.2 Å². The lowest BCUT2D eigenvalue weighted by atomic mass is 10.1. The molecule has 0 atom stereocenters. The molecular weight excluding hydrogens is 257 g/mol. The van der Waals surface area contributed by atoms with E-state index in [2.05, 4.69) is 24.1 Å². The summed E-state index contributed by atoms with van der Waals surface area (Å²) in [6.45, 7) is 4.18. The van der Waals surface area contributed by atoms with Crippen LogP contribution < -0.4 is 10.1 Å². The average molecular weight is 276 g/mol. The first-order valence-electron chi connectivity index (χ1n) is 6.22. The summed E-state index contributed by atoms with van der Waals surface area (Å²) in [5.41, 5.74) is 0.635. The Morgan fingerprint density at radius 3 is 2.74 bits per heavy atom. The fraction of sp³-hybridized carbons (Fsp3) is 0.615. The molecule has 0 saturated carbocycles. The molecule has 0 saturated heterocycles. The number of nitrogens with zero attached hydrogens (tertiary/aromatic N) is 1. The van der Waals surface area contributed by atoms with E-state index in [1.54, 1.807) is 12.1 Å². The van der Waals surface area contributed by atoms with Gasteiger partial charge < -0.3 is 10.1 Å². The summed E-state index contributed by atoms with van der Waals surface area (Å²) in [7, 11) is 0. The van der Waals surface area contributed by atoms with Gasteiger partial charge in [-0.25, -0.2) is 4.98 Å². The highest BCUT2D eigenvalue weighted by Gasteiger charge is 2.29. The van der Waals surface area contributed by atoms with Gasteiger partial charge >= 0.3 is 6.18 Å². The second kappa shape index (κ2) is 7.33. The number of pyridine rings is 1. The number of hydrogen-bond donors (Lipinski definition) is 1. The summed E-state index contributed by atoms with van der Waals surface area (Å²) in [5.74, 6) is 0.624. The van der Waals surface area contributed by atoms with Crippen molar-refractivity contribution < 1.29 is 17.9 Å². The Kier molecular flexibility index (Phi) is 6.08. The normalized spacial score (nSPS) is 11.9. The van der Waals surface area contributed by atoms with Crippen LogP contribution in [-0.4, -0.2) is 24.3 Å². The molecule has 0 radical (unpaired) electrons. The molecular formula is C13H19F3N2O. The Bertz CT molecular complexity index is 380. The molecule has 19 heavy (non-hydrogen) atoms. The number of hydrogen-bond acceptors (Lipinski definition) is 3. The second-order valence-corrected chi connectivity index (χ2v) is 4.73. The first-order valence-corrected chi connectivity index (χ1v) is 6.22. The zero-order valence-electron chi connectivity index (χ0n) is 11.1. The number of ether oxygens (including phenoxy) is 1. The molecule has 0 spiro atoms. The quantitative estimate of drug-likeness (QED) is 0.777. The maximum absolute atomic E-state index is 12.1. The van der Waals surface area contributed by atoms with E-state index in [0.29, 0.717) is 18.0 Å². The molecule has 0 fully saturated rings. The van der Waals surface area contributed by atoms with Crippen LogP contribution in [0, 0.1) is 5.92 Å². The third-order valence-electron chi connectivity index (χ3n) is 2.44. The predicted octanol–water partition coefficient (Wildman–Crippen LogP) is 3.16. The van der Waals surface area contributed by atoms with Crippen LogP contribution in [0.15, 0.2) is 18.3 Å². The first-order chi connectivity index (χ1) is 8.88. The predicted molar refractivity (Wildman–Crippen MR) is 66.9 cm³/mol. The Labute approximate surface area is 111 Å². The van der Waals surface area contributed by atoms with E-state index in [4.69, 9.17) is 4.74 Å². The number of rotatable bonds is 7. The maximum Gasteiger partial charge on any atom is 0.422 e. The van der Waals surface area contributed by atoms with Crippen molar-refractivity contribution in [3.8, 4) is 5.88 Å². The maximum atomic E-state index is 12.1. The SMILES string of the molecule is CC(C)CCNCc1cccnc1OCC(F)(F)F. The molecule has 0 unspecified atom stereocenters. The fourth-order valence-electron chi connectivity index (χ4n) is 1.45. The van der Waals surface area contributed by atoms with Gasteiger partial charge in [-0.15, -0.1) is 0 Å². The van der Waals surface area contributed by atoms with Gasteiger partial charge in [0, 0.05) is 18.3 Å². The smallest absolute Gasteiger partial charge is 0.422 e. The van der Waals surface area contributed by atoms with Gasteiger partial charge in [-0.1, -0.05) is 19.9 Å². The summed E-state index contributed by atoms with van der Waals surface area (Å²) >= 11 is 0. The van der Waals surface area contributed by atoms with Gasteiger partial charge in [-0.2, -0.15) is 13.2 Å². The van der Waals surface area contributed by atoms with E-state index in [-0.39, 0.29) is 5.88 Å². The third kappa shape index (κ3) is 7.00. The largest absolute Gasteiger partial charge is 0.468 e. The van der Waals surface area contributed by atoms with Crippen molar-refractivity contribution in [1.82, 2.24) is 10.3 Å². The molecule has 0 amide bonds. The van der Waals surface area contributed by atoms with Crippen molar-refractivity contribution in [2.45, 2.75) is 33.0 Å². The number of alkyl halides is 3. The minimum absolute atomic E-state index is 0.0388. The molecule has 0 aliphatic carbocycles. The van der Waals surface area contributed by atoms with Crippen molar-refractivity contribution in [2.24, 2.45) is 5.92 Å². The molecule has 0 bridgehead atoms. The van der Waals surface area contributed by atoms with Gasteiger partial charge in [0.15, 0.2) is 6.61 Å². The zero-order valence-corrected chi connectivity index (χ0v) is 11.1. The number of aromatic nitrogens is 1. The molecule has 1 N–H and O–H groups in total. The summed E-state index contributed by atoms with van der Waals surface area (Å²) in [6.07, 6.45) is -1.91. The Balaban J connectivity index is 2.48. The van der Waals surface area contributed by atoms with Crippen LogP contribution in [-0.2, 0) is 6.54 Å². The Morgan fingerprint density at radius 2 is 2.11 bits per heavy atom. The van der Waals surface area contributed by atoms with Crippen molar-refractivity contribution in [3.05, 3.63) is 23.9 Å². The lowest BCUT2D eigenvalue weighted by molar-refractivity contribution is -0.154. The number of halogens is 3. The van der Waals surface area contributed by atoms with Gasteiger partial charge in [-0.3, -0.25) is 0 Å². The van der Waals surface area contributed by atoms with E-state index < -0.39 is 12.8 Å². The molecule has 1 aromatic rings. The first kappa shape index (κ1) is 15.8. The molecule has 0 aromatic carbocycles. The van der Waals surface area contributed by atoms with Crippen molar-refractivity contribution in [2.75, 3.05) is 13.2 Å². The highest BCUT2D eigenvalue weighted by molar-refractivity contribution is 5.25. The molecule has 1 heterocycles. The topological polar surface area (TPSA) is 34.2 Å². The van der Waals surface area contributed by atoms with Crippen molar-refractivity contribution in [1.29, 1.82) is 0 Å². The van der Waals surface area contributed by atoms with E-state index in [1.807, 2.05) is 0 Å². The molecule has 108 valence electrons. The molecule has 1 aromatic heterocycles. The van der Waals surface area contributed by atoms with Crippen LogP contribution in [0.4, 0.5) is 13.2 Å². The minimum Gasteiger partial charge on any atom is -0.468 e. The van der Waals surface area contributed by atoms with Crippen molar-refractivity contribution >= 4 is 0 Å². The molecule has 1 rings (SSSR count). The molecule has 0 aliphatic rings. The van der Waals surface area contributed by atoms with E-state index in [1.165, 1.54) is 6.20 Å². The second-order valence-electron chi connectivity index (χ2n) is 4.73.